The number of hydrogen-bond donors (Lipinski definition) is 2. The van der Waals surface area contributed by atoms with Crippen LogP contribution in [0.3, 0.4) is 0 Å². The van der Waals surface area contributed by atoms with E-state index in [0.29, 0.717) is 6.42 Å². The van der Waals surface area contributed by atoms with Crippen LogP contribution in [0.1, 0.15) is 43.6 Å². The molecule has 2 nitrogen and oxygen atoms in total. The van der Waals surface area contributed by atoms with E-state index in [9.17, 15) is 5.11 Å². The quantitative estimate of drug-likeness (QED) is 0.821. The van der Waals surface area contributed by atoms with Crippen molar-refractivity contribution >= 4 is 0 Å². The largest absolute Gasteiger partial charge is 0.396 e. The van der Waals surface area contributed by atoms with Gasteiger partial charge in [-0.25, -0.2) is 0 Å². The Morgan fingerprint density at radius 1 is 1.19 bits per heavy atom. The Labute approximate surface area is 96.9 Å². The standard InChI is InChI=1S/C14H20O2/c15-11-10-14(16)9-5-4-8-13(14)12-6-2-1-3-7-12/h1-3,6-7,13,15-16H,4-5,8-11H2. The number of rotatable bonds is 3. The molecule has 1 fully saturated rings. The zero-order valence-electron chi connectivity index (χ0n) is 9.60. The molecule has 0 aromatic heterocycles. The van der Waals surface area contributed by atoms with Crippen molar-refractivity contribution in [3.63, 3.8) is 0 Å². The van der Waals surface area contributed by atoms with Crippen molar-refractivity contribution < 1.29 is 10.2 Å². The predicted molar refractivity (Wildman–Crippen MR) is 64.3 cm³/mol. The van der Waals surface area contributed by atoms with E-state index in [2.05, 4.69) is 12.1 Å². The van der Waals surface area contributed by atoms with Crippen LogP contribution < -0.4 is 0 Å². The van der Waals surface area contributed by atoms with E-state index >= 15 is 0 Å². The molecule has 0 heterocycles. The molecule has 2 N–H and O–H groups in total. The highest BCUT2D eigenvalue weighted by Crippen LogP contribution is 2.42. The zero-order chi connectivity index (χ0) is 11.4. The third-order valence-electron chi connectivity index (χ3n) is 3.75. The van der Waals surface area contributed by atoms with E-state index in [1.54, 1.807) is 0 Å². The summed E-state index contributed by atoms with van der Waals surface area (Å²) in [5.74, 6) is 0.189. The molecule has 1 aromatic carbocycles. The minimum absolute atomic E-state index is 0.0693. The summed E-state index contributed by atoms with van der Waals surface area (Å²) in [6.07, 6.45) is 4.58. The molecule has 0 radical (unpaired) electrons. The molecule has 16 heavy (non-hydrogen) atoms. The second-order valence-electron chi connectivity index (χ2n) is 4.79. The average Bonchev–Trinajstić information content (AvgIpc) is 2.31. The summed E-state index contributed by atoms with van der Waals surface area (Å²) in [6, 6.07) is 10.2. The van der Waals surface area contributed by atoms with Crippen LogP contribution in [0.15, 0.2) is 30.3 Å². The maximum absolute atomic E-state index is 10.6. The van der Waals surface area contributed by atoms with E-state index in [4.69, 9.17) is 5.11 Å². The predicted octanol–water partition coefficient (Wildman–Crippen LogP) is 2.46. The summed E-state index contributed by atoms with van der Waals surface area (Å²) in [5, 5.41) is 19.7. The molecule has 2 atom stereocenters. The Bertz CT molecular complexity index is 319. The van der Waals surface area contributed by atoms with Crippen LogP contribution in [0.2, 0.25) is 0 Å². The van der Waals surface area contributed by atoms with Gasteiger partial charge in [-0.3, -0.25) is 0 Å². The lowest BCUT2D eigenvalue weighted by molar-refractivity contribution is -0.0353. The first-order valence-electron chi connectivity index (χ1n) is 6.14. The first-order valence-corrected chi connectivity index (χ1v) is 6.14. The van der Waals surface area contributed by atoms with Crippen molar-refractivity contribution in [3.8, 4) is 0 Å². The van der Waals surface area contributed by atoms with Gasteiger partial charge in [0, 0.05) is 12.5 Å². The lowest BCUT2D eigenvalue weighted by atomic mass is 9.70. The van der Waals surface area contributed by atoms with Gasteiger partial charge in [-0.15, -0.1) is 0 Å². The van der Waals surface area contributed by atoms with Crippen LogP contribution in [0.25, 0.3) is 0 Å². The number of aliphatic hydroxyl groups is 2. The monoisotopic (exact) mass is 220 g/mol. The molecule has 1 aromatic rings. The van der Waals surface area contributed by atoms with Gasteiger partial charge in [-0.2, -0.15) is 0 Å². The normalized spacial score (nSPS) is 30.2. The highest BCUT2D eigenvalue weighted by Gasteiger charge is 2.38. The van der Waals surface area contributed by atoms with Crippen LogP contribution in [0.4, 0.5) is 0 Å². The smallest absolute Gasteiger partial charge is 0.0737 e. The lowest BCUT2D eigenvalue weighted by Gasteiger charge is -2.40. The first-order chi connectivity index (χ1) is 7.76. The van der Waals surface area contributed by atoms with Crippen LogP contribution in [0.5, 0.6) is 0 Å². The third-order valence-corrected chi connectivity index (χ3v) is 3.75. The van der Waals surface area contributed by atoms with Gasteiger partial charge in [0.05, 0.1) is 5.60 Å². The Balaban J connectivity index is 2.23. The van der Waals surface area contributed by atoms with Crippen LogP contribution in [-0.2, 0) is 0 Å². The SMILES string of the molecule is OCCC1(O)CCCCC1c1ccccc1. The van der Waals surface area contributed by atoms with Crippen molar-refractivity contribution in [1.82, 2.24) is 0 Å². The lowest BCUT2D eigenvalue weighted by Crippen LogP contribution is -2.39. The van der Waals surface area contributed by atoms with E-state index in [1.165, 1.54) is 12.0 Å². The van der Waals surface area contributed by atoms with Crippen molar-refractivity contribution in [3.05, 3.63) is 35.9 Å². The molecule has 1 aliphatic rings. The maximum atomic E-state index is 10.6. The molecule has 1 aliphatic carbocycles. The fourth-order valence-electron chi connectivity index (χ4n) is 2.88. The molecular formula is C14H20O2. The Hall–Kier alpha value is -0.860. The number of aliphatic hydroxyl groups excluding tert-OH is 1. The zero-order valence-corrected chi connectivity index (χ0v) is 9.60. The summed E-state index contributed by atoms with van der Waals surface area (Å²) in [5.41, 5.74) is 0.507. The minimum atomic E-state index is -0.700. The molecule has 88 valence electrons. The van der Waals surface area contributed by atoms with Gasteiger partial charge in [-0.05, 0) is 24.8 Å². The summed E-state index contributed by atoms with van der Waals surface area (Å²) in [6.45, 7) is 0.0693. The minimum Gasteiger partial charge on any atom is -0.396 e. The summed E-state index contributed by atoms with van der Waals surface area (Å²) < 4.78 is 0. The summed E-state index contributed by atoms with van der Waals surface area (Å²) >= 11 is 0. The fourth-order valence-corrected chi connectivity index (χ4v) is 2.88. The van der Waals surface area contributed by atoms with E-state index in [-0.39, 0.29) is 12.5 Å². The van der Waals surface area contributed by atoms with E-state index in [1.807, 2.05) is 18.2 Å². The van der Waals surface area contributed by atoms with Gasteiger partial charge in [0.25, 0.3) is 0 Å². The molecule has 2 unspecified atom stereocenters. The molecule has 2 rings (SSSR count). The van der Waals surface area contributed by atoms with Crippen molar-refractivity contribution in [2.45, 2.75) is 43.6 Å². The van der Waals surface area contributed by atoms with Crippen molar-refractivity contribution in [2.75, 3.05) is 6.61 Å². The molecule has 0 bridgehead atoms. The van der Waals surface area contributed by atoms with E-state index < -0.39 is 5.60 Å². The Morgan fingerprint density at radius 2 is 1.94 bits per heavy atom. The fraction of sp³-hybridized carbons (Fsp3) is 0.571. The van der Waals surface area contributed by atoms with Gasteiger partial charge >= 0.3 is 0 Å². The van der Waals surface area contributed by atoms with Gasteiger partial charge < -0.3 is 10.2 Å². The second-order valence-corrected chi connectivity index (χ2v) is 4.79. The summed E-state index contributed by atoms with van der Waals surface area (Å²) in [4.78, 5) is 0. The molecule has 0 saturated heterocycles. The first kappa shape index (κ1) is 11.6. The molecule has 1 saturated carbocycles. The second kappa shape index (κ2) is 4.98. The molecule has 0 aliphatic heterocycles. The van der Waals surface area contributed by atoms with Crippen LogP contribution in [-0.4, -0.2) is 22.4 Å². The van der Waals surface area contributed by atoms with E-state index in [0.717, 1.165) is 19.3 Å². The van der Waals surface area contributed by atoms with Gasteiger partial charge in [0.1, 0.15) is 0 Å². The van der Waals surface area contributed by atoms with Crippen LogP contribution in [0, 0.1) is 0 Å². The molecule has 0 amide bonds. The van der Waals surface area contributed by atoms with Gasteiger partial charge in [0.15, 0.2) is 0 Å². The highest BCUT2D eigenvalue weighted by molar-refractivity contribution is 5.23. The topological polar surface area (TPSA) is 40.5 Å². The third kappa shape index (κ3) is 2.28. The molecule has 2 heteroatoms. The van der Waals surface area contributed by atoms with Crippen molar-refractivity contribution in [1.29, 1.82) is 0 Å². The molecular weight excluding hydrogens is 200 g/mol. The van der Waals surface area contributed by atoms with Crippen LogP contribution >= 0.6 is 0 Å². The maximum Gasteiger partial charge on any atom is 0.0737 e. The van der Waals surface area contributed by atoms with Gasteiger partial charge in [0.2, 0.25) is 0 Å². The van der Waals surface area contributed by atoms with Gasteiger partial charge in [-0.1, -0.05) is 43.2 Å². The van der Waals surface area contributed by atoms with Crippen molar-refractivity contribution in [2.24, 2.45) is 0 Å². The Kier molecular flexibility index (Phi) is 3.62. The average molecular weight is 220 g/mol. The Morgan fingerprint density at radius 3 is 2.62 bits per heavy atom. The molecule has 0 spiro atoms. The highest BCUT2D eigenvalue weighted by atomic mass is 16.3. The number of hydrogen-bond acceptors (Lipinski definition) is 2. The number of benzene rings is 1. The summed E-state index contributed by atoms with van der Waals surface area (Å²) in [7, 11) is 0.